The molecule has 2 fully saturated rings. The number of esters is 1. The molecule has 2 aliphatic rings. The van der Waals surface area contributed by atoms with Crippen molar-refractivity contribution in [2.45, 2.75) is 70.2 Å². The first-order chi connectivity index (χ1) is 10.4. The fourth-order valence-corrected chi connectivity index (χ4v) is 3.20. The van der Waals surface area contributed by atoms with Crippen molar-refractivity contribution in [1.29, 1.82) is 0 Å². The number of carbonyl (C=O) groups excluding carboxylic acids is 2. The van der Waals surface area contributed by atoms with E-state index in [1.807, 2.05) is 6.92 Å². The number of nitrogens with zero attached hydrogens (tertiary/aromatic N) is 1. The fraction of sp³-hybridized carbons (Fsp3) is 0.800. The van der Waals surface area contributed by atoms with Gasteiger partial charge in [0.1, 0.15) is 18.2 Å². The van der Waals surface area contributed by atoms with E-state index in [0.29, 0.717) is 25.8 Å². The number of ether oxygens (including phenoxy) is 1. The highest BCUT2D eigenvalue weighted by atomic mass is 16.6. The summed E-state index contributed by atoms with van der Waals surface area (Å²) in [7, 11) is 0. The molecule has 0 saturated carbocycles. The van der Waals surface area contributed by atoms with Gasteiger partial charge in [0, 0.05) is 13.0 Å². The summed E-state index contributed by atoms with van der Waals surface area (Å²) in [6.45, 7) is 4.15. The number of hydrogen-bond acceptors (Lipinski definition) is 5. The first kappa shape index (κ1) is 16.7. The van der Waals surface area contributed by atoms with E-state index >= 15 is 0 Å². The zero-order valence-electron chi connectivity index (χ0n) is 13.1. The zero-order valence-corrected chi connectivity index (χ0v) is 13.1. The van der Waals surface area contributed by atoms with Crippen molar-refractivity contribution in [2.75, 3.05) is 6.54 Å². The Morgan fingerprint density at radius 3 is 2.86 bits per heavy atom. The molecule has 0 radical (unpaired) electrons. The van der Waals surface area contributed by atoms with Crippen LogP contribution in [0.25, 0.3) is 0 Å². The third-order valence-electron chi connectivity index (χ3n) is 4.32. The lowest BCUT2D eigenvalue weighted by Crippen LogP contribution is -2.52. The molecule has 124 valence electrons. The third kappa shape index (κ3) is 3.58. The van der Waals surface area contributed by atoms with Gasteiger partial charge in [-0.3, -0.25) is 14.9 Å². The van der Waals surface area contributed by atoms with Crippen LogP contribution in [0.15, 0.2) is 0 Å². The first-order valence-corrected chi connectivity index (χ1v) is 7.93. The van der Waals surface area contributed by atoms with Crippen molar-refractivity contribution in [3.05, 3.63) is 0 Å². The van der Waals surface area contributed by atoms with Crippen LogP contribution in [0.5, 0.6) is 0 Å². The van der Waals surface area contributed by atoms with E-state index in [1.165, 1.54) is 4.90 Å². The van der Waals surface area contributed by atoms with Crippen molar-refractivity contribution in [1.82, 2.24) is 10.2 Å². The highest BCUT2D eigenvalue weighted by Crippen LogP contribution is 2.21. The number of cyclic esters (lactones) is 1. The largest absolute Gasteiger partial charge is 0.480 e. The molecular weight excluding hydrogens is 288 g/mol. The molecule has 0 aromatic rings. The van der Waals surface area contributed by atoms with E-state index in [0.717, 1.165) is 12.8 Å². The lowest BCUT2D eigenvalue weighted by Gasteiger charge is -2.26. The Hall–Kier alpha value is -1.63. The molecule has 22 heavy (non-hydrogen) atoms. The molecule has 4 atom stereocenters. The minimum absolute atomic E-state index is 0.0872. The zero-order chi connectivity index (χ0) is 16.3. The quantitative estimate of drug-likeness (QED) is 0.694. The molecule has 0 bridgehead atoms. The Morgan fingerprint density at radius 2 is 2.23 bits per heavy atom. The van der Waals surface area contributed by atoms with Crippen LogP contribution in [0.4, 0.5) is 0 Å². The normalized spacial score (nSPS) is 29.5. The fourth-order valence-electron chi connectivity index (χ4n) is 3.20. The van der Waals surface area contributed by atoms with Crippen LogP contribution >= 0.6 is 0 Å². The Labute approximate surface area is 130 Å². The van der Waals surface area contributed by atoms with Crippen molar-refractivity contribution in [3.63, 3.8) is 0 Å². The van der Waals surface area contributed by atoms with Gasteiger partial charge in [-0.25, -0.2) is 4.79 Å². The maximum absolute atomic E-state index is 12.4. The van der Waals surface area contributed by atoms with E-state index in [9.17, 15) is 14.4 Å². The summed E-state index contributed by atoms with van der Waals surface area (Å²) in [5.41, 5.74) is 0. The Kier molecular flexibility index (Phi) is 5.39. The lowest BCUT2D eigenvalue weighted by molar-refractivity contribution is -0.149. The molecule has 2 rings (SSSR count). The second-order valence-corrected chi connectivity index (χ2v) is 6.05. The number of rotatable bonds is 6. The monoisotopic (exact) mass is 312 g/mol. The summed E-state index contributed by atoms with van der Waals surface area (Å²) in [5.74, 6) is -1.56. The number of hydrogen-bond donors (Lipinski definition) is 2. The van der Waals surface area contributed by atoms with Gasteiger partial charge in [-0.1, -0.05) is 13.3 Å². The Bertz CT molecular complexity index is 453. The number of aliphatic carboxylic acids is 1. The van der Waals surface area contributed by atoms with Crippen LogP contribution in [0.2, 0.25) is 0 Å². The summed E-state index contributed by atoms with van der Waals surface area (Å²) in [6, 6.07) is -1.83. The van der Waals surface area contributed by atoms with Gasteiger partial charge in [-0.05, 0) is 26.2 Å². The SMILES string of the molecule is CCCC1CC(N[C@@H](C)C(=O)N2CCC[C@H]2C(=O)O)C(=O)O1. The average molecular weight is 312 g/mol. The van der Waals surface area contributed by atoms with Gasteiger partial charge >= 0.3 is 11.9 Å². The van der Waals surface area contributed by atoms with Crippen LogP contribution < -0.4 is 5.32 Å². The maximum Gasteiger partial charge on any atom is 0.326 e. The molecule has 0 aromatic heterocycles. The van der Waals surface area contributed by atoms with E-state index < -0.39 is 24.1 Å². The van der Waals surface area contributed by atoms with Crippen LogP contribution in [0.1, 0.15) is 46.0 Å². The van der Waals surface area contributed by atoms with Crippen molar-refractivity contribution >= 4 is 17.8 Å². The van der Waals surface area contributed by atoms with E-state index in [-0.39, 0.29) is 18.0 Å². The summed E-state index contributed by atoms with van der Waals surface area (Å²) in [4.78, 5) is 36.8. The van der Waals surface area contributed by atoms with Gasteiger partial charge in [0.2, 0.25) is 5.91 Å². The molecule has 2 heterocycles. The number of carboxylic acids is 1. The van der Waals surface area contributed by atoms with Gasteiger partial charge in [-0.15, -0.1) is 0 Å². The molecule has 2 unspecified atom stereocenters. The summed E-state index contributed by atoms with van der Waals surface area (Å²) >= 11 is 0. The standard InChI is InChI=1S/C15H24N2O5/c1-3-5-10-8-11(15(21)22-10)16-9(2)13(18)17-7-4-6-12(17)14(19)20/h9-12,16H,3-8H2,1-2H3,(H,19,20)/t9-,10?,11?,12-/m0/s1. The Morgan fingerprint density at radius 1 is 1.50 bits per heavy atom. The second-order valence-electron chi connectivity index (χ2n) is 6.05. The van der Waals surface area contributed by atoms with Crippen LogP contribution in [-0.4, -0.2) is 58.6 Å². The molecule has 1 amide bonds. The van der Waals surface area contributed by atoms with Gasteiger partial charge in [0.05, 0.1) is 6.04 Å². The maximum atomic E-state index is 12.4. The van der Waals surface area contributed by atoms with Crippen molar-refractivity contribution in [2.24, 2.45) is 0 Å². The predicted octanol–water partition coefficient (Wildman–Crippen LogP) is 0.524. The number of carbonyl (C=O) groups is 3. The third-order valence-corrected chi connectivity index (χ3v) is 4.32. The van der Waals surface area contributed by atoms with Gasteiger partial charge < -0.3 is 14.7 Å². The van der Waals surface area contributed by atoms with E-state index in [4.69, 9.17) is 9.84 Å². The lowest BCUT2D eigenvalue weighted by atomic mass is 10.1. The molecule has 0 aliphatic carbocycles. The molecule has 2 saturated heterocycles. The summed E-state index contributed by atoms with van der Waals surface area (Å²) in [6.07, 6.45) is 3.41. The minimum Gasteiger partial charge on any atom is -0.480 e. The van der Waals surface area contributed by atoms with Gasteiger partial charge in [-0.2, -0.15) is 0 Å². The highest BCUT2D eigenvalue weighted by molar-refractivity contribution is 5.88. The minimum atomic E-state index is -0.971. The summed E-state index contributed by atoms with van der Waals surface area (Å²) in [5, 5.41) is 12.1. The molecule has 7 nitrogen and oxygen atoms in total. The Balaban J connectivity index is 1.91. The van der Waals surface area contributed by atoms with Gasteiger partial charge in [0.25, 0.3) is 0 Å². The molecule has 0 aromatic carbocycles. The van der Waals surface area contributed by atoms with Crippen LogP contribution in [0, 0.1) is 0 Å². The second kappa shape index (κ2) is 7.09. The van der Waals surface area contributed by atoms with Gasteiger partial charge in [0.15, 0.2) is 0 Å². The van der Waals surface area contributed by atoms with Crippen molar-refractivity contribution < 1.29 is 24.2 Å². The first-order valence-electron chi connectivity index (χ1n) is 7.93. The van der Waals surface area contributed by atoms with E-state index in [2.05, 4.69) is 5.32 Å². The molecular formula is C15H24N2O5. The molecule has 2 N–H and O–H groups in total. The van der Waals surface area contributed by atoms with Crippen LogP contribution in [-0.2, 0) is 19.1 Å². The summed E-state index contributed by atoms with van der Waals surface area (Å²) < 4.78 is 5.26. The number of carboxylic acid groups (broad SMARTS) is 1. The molecule has 2 aliphatic heterocycles. The van der Waals surface area contributed by atoms with Crippen LogP contribution in [0.3, 0.4) is 0 Å². The van der Waals surface area contributed by atoms with Crippen molar-refractivity contribution in [3.8, 4) is 0 Å². The highest BCUT2D eigenvalue weighted by Gasteiger charge is 2.39. The molecule has 7 heteroatoms. The average Bonchev–Trinajstić information content (AvgIpc) is 3.06. The molecule has 0 spiro atoms. The number of likely N-dealkylation sites (tertiary alicyclic amines) is 1. The number of nitrogens with one attached hydrogen (secondary N) is 1. The predicted molar refractivity (Wildman–Crippen MR) is 78.2 cm³/mol. The smallest absolute Gasteiger partial charge is 0.326 e. The topological polar surface area (TPSA) is 95.9 Å². The van der Waals surface area contributed by atoms with E-state index in [1.54, 1.807) is 6.92 Å². The number of amides is 1.